The second-order valence-electron chi connectivity index (χ2n) is 8.21. The Kier molecular flexibility index (Phi) is 4.02. The van der Waals surface area contributed by atoms with Gasteiger partial charge in [-0.2, -0.15) is 5.26 Å². The van der Waals surface area contributed by atoms with Crippen molar-refractivity contribution < 1.29 is 0 Å². The zero-order chi connectivity index (χ0) is 15.1. The van der Waals surface area contributed by atoms with Gasteiger partial charge < -0.3 is 0 Å². The van der Waals surface area contributed by atoms with E-state index < -0.39 is 0 Å². The predicted octanol–water partition coefficient (Wildman–Crippen LogP) is 1.83. The van der Waals surface area contributed by atoms with Crippen molar-refractivity contribution in [2.24, 2.45) is 5.92 Å². The molecule has 0 bridgehead atoms. The van der Waals surface area contributed by atoms with Gasteiger partial charge in [0.2, 0.25) is 0 Å². The summed E-state index contributed by atoms with van der Waals surface area (Å²) in [5.41, 5.74) is -0.00771. The van der Waals surface area contributed by atoms with E-state index >= 15 is 0 Å². The summed E-state index contributed by atoms with van der Waals surface area (Å²) in [6, 6.07) is 3.28. The van der Waals surface area contributed by atoms with E-state index in [0.717, 1.165) is 32.7 Å². The lowest BCUT2D eigenvalue weighted by Gasteiger charge is -2.44. The van der Waals surface area contributed by atoms with E-state index in [-0.39, 0.29) is 11.1 Å². The van der Waals surface area contributed by atoms with Crippen LogP contribution in [0.5, 0.6) is 0 Å². The summed E-state index contributed by atoms with van der Waals surface area (Å²) in [6.45, 7) is 12.2. The molecule has 0 aromatic carbocycles. The molecule has 21 heavy (non-hydrogen) atoms. The molecule has 0 amide bonds. The lowest BCUT2D eigenvalue weighted by Crippen LogP contribution is -2.60. The highest BCUT2D eigenvalue weighted by atomic mass is 15.3. The highest BCUT2D eigenvalue weighted by molar-refractivity contribution is 5.18. The van der Waals surface area contributed by atoms with Gasteiger partial charge in [0, 0.05) is 44.3 Å². The molecule has 0 spiro atoms. The van der Waals surface area contributed by atoms with Crippen LogP contribution in [0.15, 0.2) is 0 Å². The Morgan fingerprint density at radius 2 is 1.67 bits per heavy atom. The topological polar surface area (TPSA) is 42.3 Å². The first kappa shape index (κ1) is 15.3. The second-order valence-corrected chi connectivity index (χ2v) is 8.21. The van der Waals surface area contributed by atoms with E-state index in [1.807, 2.05) is 0 Å². The summed E-state index contributed by atoms with van der Waals surface area (Å²) in [7, 11) is 0. The minimum Gasteiger partial charge on any atom is -0.298 e. The Morgan fingerprint density at radius 3 is 2.10 bits per heavy atom. The third kappa shape index (κ3) is 3.59. The van der Waals surface area contributed by atoms with E-state index in [4.69, 9.17) is 0 Å². The van der Waals surface area contributed by atoms with Gasteiger partial charge >= 0.3 is 0 Å². The largest absolute Gasteiger partial charge is 0.298 e. The Hall–Kier alpha value is -0.630. The van der Waals surface area contributed by atoms with Crippen LogP contribution in [0.1, 0.15) is 46.5 Å². The van der Waals surface area contributed by atoms with Crippen molar-refractivity contribution in [2.75, 3.05) is 32.7 Å². The fraction of sp³-hybridized carbons (Fsp3) is 0.941. The second kappa shape index (κ2) is 5.53. The van der Waals surface area contributed by atoms with Crippen molar-refractivity contribution in [3.63, 3.8) is 0 Å². The molecule has 0 aromatic rings. The lowest BCUT2D eigenvalue weighted by atomic mass is 9.93. The van der Waals surface area contributed by atoms with Gasteiger partial charge in [0.1, 0.15) is 5.54 Å². The molecule has 4 heteroatoms. The quantitative estimate of drug-likeness (QED) is 0.839. The van der Waals surface area contributed by atoms with Gasteiger partial charge in [-0.3, -0.25) is 15.1 Å². The van der Waals surface area contributed by atoms with E-state index in [1.165, 1.54) is 25.7 Å². The molecule has 0 aromatic heterocycles. The number of nitriles is 1. The van der Waals surface area contributed by atoms with Crippen LogP contribution in [0, 0.1) is 17.2 Å². The zero-order valence-corrected chi connectivity index (χ0v) is 13.9. The normalized spacial score (nSPS) is 28.1. The molecule has 0 radical (unpaired) electrons. The van der Waals surface area contributed by atoms with Gasteiger partial charge in [-0.1, -0.05) is 0 Å². The van der Waals surface area contributed by atoms with Crippen LogP contribution in [0.4, 0.5) is 0 Å². The number of nitrogens with one attached hydrogen (secondary N) is 1. The molecule has 1 unspecified atom stereocenters. The molecule has 1 atom stereocenters. The van der Waals surface area contributed by atoms with Crippen LogP contribution in [0.3, 0.4) is 0 Å². The van der Waals surface area contributed by atoms with Gasteiger partial charge in [0.25, 0.3) is 0 Å². The summed E-state index contributed by atoms with van der Waals surface area (Å²) < 4.78 is 0. The average Bonchev–Trinajstić information content (AvgIpc) is 3.30. The third-order valence-electron chi connectivity index (χ3n) is 5.31. The Labute approximate surface area is 129 Å². The molecule has 1 aliphatic heterocycles. The van der Waals surface area contributed by atoms with E-state index in [2.05, 4.69) is 42.0 Å². The first-order valence-corrected chi connectivity index (χ1v) is 8.59. The highest BCUT2D eigenvalue weighted by Gasteiger charge is 2.49. The van der Waals surface area contributed by atoms with E-state index in [9.17, 15) is 5.26 Å². The molecule has 3 aliphatic rings. The monoisotopic (exact) mass is 290 g/mol. The lowest BCUT2D eigenvalue weighted by molar-refractivity contribution is 0.0508. The van der Waals surface area contributed by atoms with Crippen LogP contribution >= 0.6 is 0 Å². The fourth-order valence-electron chi connectivity index (χ4n) is 3.55. The maximum Gasteiger partial charge on any atom is 0.122 e. The average molecular weight is 290 g/mol. The minimum absolute atomic E-state index is 0.265. The summed E-state index contributed by atoms with van der Waals surface area (Å²) in [6.07, 6.45) is 4.98. The summed E-state index contributed by atoms with van der Waals surface area (Å²) >= 11 is 0. The van der Waals surface area contributed by atoms with Gasteiger partial charge in [0.15, 0.2) is 0 Å². The van der Waals surface area contributed by atoms with E-state index in [0.29, 0.717) is 12.0 Å². The molecule has 2 saturated carbocycles. The van der Waals surface area contributed by atoms with Crippen molar-refractivity contribution in [1.82, 2.24) is 15.1 Å². The van der Waals surface area contributed by atoms with E-state index in [1.54, 1.807) is 0 Å². The molecule has 4 nitrogen and oxygen atoms in total. The fourth-order valence-corrected chi connectivity index (χ4v) is 3.55. The number of piperazine rings is 1. The van der Waals surface area contributed by atoms with Crippen molar-refractivity contribution in [3.05, 3.63) is 0 Å². The molecule has 1 heterocycles. The molecule has 1 saturated heterocycles. The van der Waals surface area contributed by atoms with Crippen LogP contribution in [-0.4, -0.2) is 59.6 Å². The van der Waals surface area contributed by atoms with Crippen LogP contribution in [-0.2, 0) is 0 Å². The molecule has 3 fully saturated rings. The Bertz CT molecular complexity index is 405. The SMILES string of the molecule is CC(C)(C)N1CCN(CC(C#N)(NC2CC2)C2CC2)CC1. The van der Waals surface area contributed by atoms with Crippen molar-refractivity contribution in [2.45, 2.75) is 63.6 Å². The minimum atomic E-state index is -0.273. The van der Waals surface area contributed by atoms with Crippen molar-refractivity contribution in [1.29, 1.82) is 5.26 Å². The summed E-state index contributed by atoms with van der Waals surface area (Å²) in [5.74, 6) is 0.587. The zero-order valence-electron chi connectivity index (χ0n) is 13.9. The number of rotatable bonds is 5. The Morgan fingerprint density at radius 1 is 1.05 bits per heavy atom. The van der Waals surface area contributed by atoms with Crippen LogP contribution in [0.2, 0.25) is 0 Å². The third-order valence-corrected chi connectivity index (χ3v) is 5.31. The highest BCUT2D eigenvalue weighted by Crippen LogP contribution is 2.42. The summed E-state index contributed by atoms with van der Waals surface area (Å²) in [4.78, 5) is 5.07. The Balaban J connectivity index is 1.58. The molecular weight excluding hydrogens is 260 g/mol. The number of nitrogens with zero attached hydrogens (tertiary/aromatic N) is 3. The van der Waals surface area contributed by atoms with Crippen molar-refractivity contribution in [3.8, 4) is 6.07 Å². The van der Waals surface area contributed by atoms with Crippen LogP contribution in [0.25, 0.3) is 0 Å². The van der Waals surface area contributed by atoms with Gasteiger partial charge in [-0.05, 0) is 52.4 Å². The summed E-state index contributed by atoms with van der Waals surface area (Å²) in [5, 5.41) is 13.5. The van der Waals surface area contributed by atoms with Crippen molar-refractivity contribution >= 4 is 0 Å². The van der Waals surface area contributed by atoms with Crippen LogP contribution < -0.4 is 5.32 Å². The predicted molar refractivity (Wildman–Crippen MR) is 85.0 cm³/mol. The molecule has 2 aliphatic carbocycles. The molecule has 118 valence electrons. The smallest absolute Gasteiger partial charge is 0.122 e. The van der Waals surface area contributed by atoms with Gasteiger partial charge in [0.05, 0.1) is 6.07 Å². The maximum absolute atomic E-state index is 9.83. The molecule has 1 N–H and O–H groups in total. The number of hydrogen-bond donors (Lipinski definition) is 1. The van der Waals surface area contributed by atoms with Gasteiger partial charge in [-0.15, -0.1) is 0 Å². The van der Waals surface area contributed by atoms with Gasteiger partial charge in [-0.25, -0.2) is 0 Å². The maximum atomic E-state index is 9.83. The first-order valence-electron chi connectivity index (χ1n) is 8.59. The number of hydrogen-bond acceptors (Lipinski definition) is 4. The molecular formula is C17H30N4. The first-order chi connectivity index (χ1) is 9.93. The molecule has 3 rings (SSSR count). The standard InChI is InChI=1S/C17H30N4/c1-16(2,3)21-10-8-20(9-11-21)13-17(12-18,14-4-5-14)19-15-6-7-15/h14-15,19H,4-11,13H2,1-3H3.